The van der Waals surface area contributed by atoms with Gasteiger partial charge in [-0.05, 0) is 24.8 Å². The molecule has 0 radical (unpaired) electrons. The van der Waals surface area contributed by atoms with Crippen molar-refractivity contribution < 1.29 is 18.0 Å². The first-order valence-electron chi connectivity index (χ1n) is 7.20. The fourth-order valence-electron chi connectivity index (χ4n) is 2.90. The number of aromatic nitrogens is 2. The van der Waals surface area contributed by atoms with Crippen LogP contribution < -0.4 is 5.32 Å². The van der Waals surface area contributed by atoms with Crippen LogP contribution in [0.5, 0.6) is 0 Å². The fraction of sp³-hybridized carbons (Fsp3) is 0.714. The van der Waals surface area contributed by atoms with Gasteiger partial charge < -0.3 is 5.32 Å². The fourth-order valence-corrected chi connectivity index (χ4v) is 2.90. The zero-order valence-corrected chi connectivity index (χ0v) is 12.0. The summed E-state index contributed by atoms with van der Waals surface area (Å²) in [5.74, 6) is -2.90. The van der Waals surface area contributed by atoms with Crippen LogP contribution in [-0.2, 0) is 18.3 Å². The van der Waals surface area contributed by atoms with Crippen molar-refractivity contribution in [1.29, 1.82) is 0 Å². The van der Waals surface area contributed by atoms with E-state index in [2.05, 4.69) is 10.4 Å². The van der Waals surface area contributed by atoms with Crippen LogP contribution in [-0.4, -0.2) is 28.4 Å². The highest BCUT2D eigenvalue weighted by molar-refractivity contribution is 5.79. The van der Waals surface area contributed by atoms with Crippen LogP contribution in [0.1, 0.15) is 31.2 Å². The van der Waals surface area contributed by atoms with E-state index in [9.17, 15) is 18.0 Å². The van der Waals surface area contributed by atoms with Gasteiger partial charge >= 0.3 is 6.18 Å². The lowest BCUT2D eigenvalue weighted by Crippen LogP contribution is -2.43. The molecule has 1 N–H and O–H groups in total. The first-order valence-corrected chi connectivity index (χ1v) is 7.20. The molecule has 1 amide bonds. The SMILES string of the molecule is Cn1cc(CCNC(=O)[C@@H]2CCCC[C@@H]2C(F)(F)F)cn1. The number of aryl methyl sites for hydroxylation is 1. The Morgan fingerprint density at radius 1 is 1.43 bits per heavy atom. The van der Waals surface area contributed by atoms with E-state index in [4.69, 9.17) is 0 Å². The molecule has 1 fully saturated rings. The van der Waals surface area contributed by atoms with Gasteiger partial charge in [-0.15, -0.1) is 0 Å². The molecular formula is C14H20F3N3O. The van der Waals surface area contributed by atoms with E-state index in [1.165, 1.54) is 0 Å². The Hall–Kier alpha value is -1.53. The van der Waals surface area contributed by atoms with Crippen LogP contribution >= 0.6 is 0 Å². The summed E-state index contributed by atoms with van der Waals surface area (Å²) in [6.07, 6.45) is 1.41. The van der Waals surface area contributed by atoms with Gasteiger partial charge in [0.1, 0.15) is 0 Å². The highest BCUT2D eigenvalue weighted by Crippen LogP contribution is 2.41. The predicted octanol–water partition coefficient (Wildman–Crippen LogP) is 2.45. The zero-order chi connectivity index (χ0) is 15.5. The molecule has 1 heterocycles. The van der Waals surface area contributed by atoms with Crippen molar-refractivity contribution in [2.75, 3.05) is 6.54 Å². The van der Waals surface area contributed by atoms with Crippen LogP contribution in [0, 0.1) is 11.8 Å². The molecule has 4 nitrogen and oxygen atoms in total. The number of alkyl halides is 3. The molecule has 1 aromatic heterocycles. The van der Waals surface area contributed by atoms with Gasteiger partial charge in [-0.25, -0.2) is 0 Å². The second kappa shape index (κ2) is 6.49. The largest absolute Gasteiger partial charge is 0.392 e. The molecule has 1 aliphatic carbocycles. The standard InChI is InChI=1S/C14H20F3N3O/c1-20-9-10(8-19-20)6-7-18-13(21)11-4-2-3-5-12(11)14(15,16)17/h8-9,11-12H,2-7H2,1H3,(H,18,21)/t11-,12+/m1/s1. The number of nitrogens with one attached hydrogen (secondary N) is 1. The summed E-state index contributed by atoms with van der Waals surface area (Å²) >= 11 is 0. The number of carbonyl (C=O) groups is 1. The summed E-state index contributed by atoms with van der Waals surface area (Å²) in [6.45, 7) is 0.339. The van der Waals surface area contributed by atoms with E-state index in [-0.39, 0.29) is 6.42 Å². The molecular weight excluding hydrogens is 283 g/mol. The molecule has 7 heteroatoms. The van der Waals surface area contributed by atoms with Gasteiger partial charge in [0.25, 0.3) is 0 Å². The van der Waals surface area contributed by atoms with E-state index in [1.807, 2.05) is 6.20 Å². The van der Waals surface area contributed by atoms with Gasteiger partial charge in [0.15, 0.2) is 0 Å². The van der Waals surface area contributed by atoms with Gasteiger partial charge in [0, 0.05) is 25.7 Å². The Balaban J connectivity index is 1.86. The van der Waals surface area contributed by atoms with Crippen molar-refractivity contribution >= 4 is 5.91 Å². The molecule has 2 rings (SSSR count). The average molecular weight is 303 g/mol. The Labute approximate surface area is 121 Å². The first-order chi connectivity index (χ1) is 9.88. The third kappa shape index (κ3) is 4.22. The molecule has 21 heavy (non-hydrogen) atoms. The highest BCUT2D eigenvalue weighted by atomic mass is 19.4. The number of halogens is 3. The number of hydrogen-bond acceptors (Lipinski definition) is 2. The molecule has 0 aliphatic heterocycles. The maximum absolute atomic E-state index is 13.0. The molecule has 0 spiro atoms. The Morgan fingerprint density at radius 2 is 2.14 bits per heavy atom. The van der Waals surface area contributed by atoms with Gasteiger partial charge in [0.2, 0.25) is 5.91 Å². The summed E-state index contributed by atoms with van der Waals surface area (Å²) in [7, 11) is 1.79. The van der Waals surface area contributed by atoms with Crippen molar-refractivity contribution in [3.63, 3.8) is 0 Å². The minimum Gasteiger partial charge on any atom is -0.356 e. The predicted molar refractivity (Wildman–Crippen MR) is 71.4 cm³/mol. The minimum absolute atomic E-state index is 0.0597. The molecule has 0 saturated heterocycles. The van der Waals surface area contributed by atoms with E-state index < -0.39 is 23.9 Å². The summed E-state index contributed by atoms with van der Waals surface area (Å²) < 4.78 is 40.5. The van der Waals surface area contributed by atoms with E-state index in [0.717, 1.165) is 5.56 Å². The van der Waals surface area contributed by atoms with Crippen LogP contribution in [0.4, 0.5) is 13.2 Å². The highest BCUT2D eigenvalue weighted by Gasteiger charge is 2.47. The van der Waals surface area contributed by atoms with Gasteiger partial charge in [-0.2, -0.15) is 18.3 Å². The van der Waals surface area contributed by atoms with Crippen LogP contribution in [0.3, 0.4) is 0 Å². The average Bonchev–Trinajstić information content (AvgIpc) is 2.83. The zero-order valence-electron chi connectivity index (χ0n) is 12.0. The summed E-state index contributed by atoms with van der Waals surface area (Å²) in [4.78, 5) is 12.0. The first kappa shape index (κ1) is 15.9. The van der Waals surface area contributed by atoms with Crippen LogP contribution in [0.2, 0.25) is 0 Å². The smallest absolute Gasteiger partial charge is 0.356 e. The molecule has 2 atom stereocenters. The number of hydrogen-bond donors (Lipinski definition) is 1. The van der Waals surface area contributed by atoms with Crippen molar-refractivity contribution in [2.45, 2.75) is 38.3 Å². The van der Waals surface area contributed by atoms with Gasteiger partial charge in [0.05, 0.1) is 12.1 Å². The Morgan fingerprint density at radius 3 is 2.76 bits per heavy atom. The summed E-state index contributed by atoms with van der Waals surface area (Å²) in [5.41, 5.74) is 0.953. The molecule has 0 aromatic carbocycles. The molecule has 1 aliphatic rings. The normalized spacial score (nSPS) is 23.0. The molecule has 0 unspecified atom stereocenters. The monoisotopic (exact) mass is 303 g/mol. The maximum Gasteiger partial charge on any atom is 0.392 e. The number of nitrogens with zero attached hydrogens (tertiary/aromatic N) is 2. The lowest BCUT2D eigenvalue weighted by Gasteiger charge is -2.31. The second-order valence-electron chi connectivity index (χ2n) is 5.60. The number of amides is 1. The van der Waals surface area contributed by atoms with Gasteiger partial charge in [-0.1, -0.05) is 12.8 Å². The van der Waals surface area contributed by atoms with Gasteiger partial charge in [-0.3, -0.25) is 9.48 Å². The quantitative estimate of drug-likeness (QED) is 0.928. The Bertz CT molecular complexity index is 484. The van der Waals surface area contributed by atoms with E-state index in [0.29, 0.717) is 32.2 Å². The van der Waals surface area contributed by atoms with Crippen molar-refractivity contribution in [1.82, 2.24) is 15.1 Å². The van der Waals surface area contributed by atoms with Crippen LogP contribution in [0.15, 0.2) is 12.4 Å². The van der Waals surface area contributed by atoms with Crippen molar-refractivity contribution in [3.8, 4) is 0 Å². The lowest BCUT2D eigenvalue weighted by atomic mass is 9.78. The number of rotatable bonds is 4. The molecule has 118 valence electrons. The van der Waals surface area contributed by atoms with Crippen molar-refractivity contribution in [2.24, 2.45) is 18.9 Å². The third-order valence-corrected chi connectivity index (χ3v) is 3.99. The maximum atomic E-state index is 13.0. The summed E-state index contributed by atoms with van der Waals surface area (Å²) in [6, 6.07) is 0. The third-order valence-electron chi connectivity index (χ3n) is 3.99. The summed E-state index contributed by atoms with van der Waals surface area (Å²) in [5, 5.41) is 6.64. The van der Waals surface area contributed by atoms with Crippen molar-refractivity contribution in [3.05, 3.63) is 18.0 Å². The Kier molecular flexibility index (Phi) is 4.90. The van der Waals surface area contributed by atoms with E-state index >= 15 is 0 Å². The lowest BCUT2D eigenvalue weighted by molar-refractivity contribution is -0.198. The van der Waals surface area contributed by atoms with E-state index in [1.54, 1.807) is 17.9 Å². The second-order valence-corrected chi connectivity index (χ2v) is 5.60. The molecule has 1 saturated carbocycles. The topological polar surface area (TPSA) is 46.9 Å². The minimum atomic E-state index is -4.29. The molecule has 0 bridgehead atoms. The number of carbonyl (C=O) groups excluding carboxylic acids is 1. The van der Waals surface area contributed by atoms with Crippen LogP contribution in [0.25, 0.3) is 0 Å². The molecule has 1 aromatic rings.